The quantitative estimate of drug-likeness (QED) is 0.327. The number of hydrogen-bond donors (Lipinski definition) is 1. The van der Waals surface area contributed by atoms with Gasteiger partial charge in [0.05, 0.1) is 16.0 Å². The third-order valence-corrected chi connectivity index (χ3v) is 3.89. The number of anilines is 1. The first-order valence-electron chi connectivity index (χ1n) is 7.54. The van der Waals surface area contributed by atoms with Crippen molar-refractivity contribution in [3.05, 3.63) is 68.2 Å². The van der Waals surface area contributed by atoms with E-state index in [0.29, 0.717) is 28.1 Å². The van der Waals surface area contributed by atoms with Gasteiger partial charge < -0.3 is 10.1 Å². The summed E-state index contributed by atoms with van der Waals surface area (Å²) in [6, 6.07) is 12.4. The molecule has 132 valence electrons. The molecule has 0 aliphatic rings. The Kier molecular flexibility index (Phi) is 6.47. The zero-order valence-corrected chi connectivity index (χ0v) is 15.3. The molecule has 0 radical (unpaired) electrons. The summed E-state index contributed by atoms with van der Waals surface area (Å²) in [4.78, 5) is 22.4. The summed E-state index contributed by atoms with van der Waals surface area (Å²) in [5.74, 6) is 0.0600. The van der Waals surface area contributed by atoms with Gasteiger partial charge >= 0.3 is 0 Å². The Labute approximate surface area is 158 Å². The van der Waals surface area contributed by atoms with E-state index in [1.165, 1.54) is 30.3 Å². The highest BCUT2D eigenvalue weighted by atomic mass is 79.9. The Morgan fingerprint density at radius 1 is 1.35 bits per heavy atom. The van der Waals surface area contributed by atoms with Gasteiger partial charge in [0.15, 0.2) is 0 Å². The van der Waals surface area contributed by atoms with E-state index >= 15 is 0 Å². The number of nitrogens with zero attached hydrogens (tertiary/aromatic N) is 2. The minimum atomic E-state index is -0.605. The van der Waals surface area contributed by atoms with E-state index in [1.807, 2.05) is 13.0 Å². The van der Waals surface area contributed by atoms with E-state index < -0.39 is 10.8 Å². The van der Waals surface area contributed by atoms with Crippen molar-refractivity contribution < 1.29 is 14.5 Å². The number of benzene rings is 2. The number of non-ortho nitro benzene ring substituents is 1. The zero-order chi connectivity index (χ0) is 19.1. The third-order valence-electron chi connectivity index (χ3n) is 3.27. The summed E-state index contributed by atoms with van der Waals surface area (Å²) < 4.78 is 6.13. The Morgan fingerprint density at radius 3 is 2.58 bits per heavy atom. The SMILES string of the molecule is CCOc1ccc(C=C(C#N)C(=O)Nc2ccc([N+](=O)[O-])cc2)cc1Br. The number of ether oxygens (including phenoxy) is 1. The van der Waals surface area contributed by atoms with Gasteiger partial charge in [-0.3, -0.25) is 14.9 Å². The fourth-order valence-corrected chi connectivity index (χ4v) is 2.57. The molecule has 26 heavy (non-hydrogen) atoms. The summed E-state index contributed by atoms with van der Waals surface area (Å²) in [6.07, 6.45) is 1.45. The average molecular weight is 416 g/mol. The van der Waals surface area contributed by atoms with Crippen molar-refractivity contribution in [3.8, 4) is 11.8 Å². The number of nitro groups is 1. The molecule has 2 aromatic rings. The highest BCUT2D eigenvalue weighted by molar-refractivity contribution is 9.10. The molecule has 0 aromatic heterocycles. The van der Waals surface area contributed by atoms with Gasteiger partial charge in [-0.15, -0.1) is 0 Å². The van der Waals surface area contributed by atoms with Gasteiger partial charge in [0.2, 0.25) is 0 Å². The van der Waals surface area contributed by atoms with Crippen molar-refractivity contribution in [2.24, 2.45) is 0 Å². The molecule has 8 heteroatoms. The second kappa shape index (κ2) is 8.78. The maximum Gasteiger partial charge on any atom is 0.269 e. The fourth-order valence-electron chi connectivity index (χ4n) is 2.06. The lowest BCUT2D eigenvalue weighted by molar-refractivity contribution is -0.384. The topological polar surface area (TPSA) is 105 Å². The second-order valence-corrected chi connectivity index (χ2v) is 5.91. The van der Waals surface area contributed by atoms with Crippen LogP contribution in [0.5, 0.6) is 5.75 Å². The van der Waals surface area contributed by atoms with Crippen LogP contribution >= 0.6 is 15.9 Å². The third kappa shape index (κ3) is 4.91. The molecule has 0 aliphatic heterocycles. The summed E-state index contributed by atoms with van der Waals surface area (Å²) in [5, 5.41) is 22.4. The molecule has 0 saturated heterocycles. The van der Waals surface area contributed by atoms with Crippen molar-refractivity contribution in [1.82, 2.24) is 0 Å². The monoisotopic (exact) mass is 415 g/mol. The van der Waals surface area contributed by atoms with Crippen LogP contribution in [0.25, 0.3) is 6.08 Å². The number of nitrogens with one attached hydrogen (secondary N) is 1. The second-order valence-electron chi connectivity index (χ2n) is 5.05. The lowest BCUT2D eigenvalue weighted by atomic mass is 10.1. The lowest BCUT2D eigenvalue weighted by Gasteiger charge is -2.07. The van der Waals surface area contributed by atoms with E-state index in [2.05, 4.69) is 21.2 Å². The van der Waals surface area contributed by atoms with Crippen LogP contribution in [0.4, 0.5) is 11.4 Å². The number of halogens is 1. The van der Waals surface area contributed by atoms with Crippen LogP contribution in [0.2, 0.25) is 0 Å². The highest BCUT2D eigenvalue weighted by Gasteiger charge is 2.11. The molecule has 1 N–H and O–H groups in total. The first-order chi connectivity index (χ1) is 12.4. The van der Waals surface area contributed by atoms with Gasteiger partial charge in [0, 0.05) is 17.8 Å². The number of carbonyl (C=O) groups excluding carboxylic acids is 1. The first kappa shape index (κ1) is 19.1. The minimum absolute atomic E-state index is 0.0849. The lowest BCUT2D eigenvalue weighted by Crippen LogP contribution is -2.13. The van der Waals surface area contributed by atoms with Crippen LogP contribution in [0.15, 0.2) is 52.5 Å². The van der Waals surface area contributed by atoms with E-state index in [1.54, 1.807) is 18.2 Å². The van der Waals surface area contributed by atoms with Gasteiger partial charge in [-0.2, -0.15) is 5.26 Å². The van der Waals surface area contributed by atoms with Crippen molar-refractivity contribution in [3.63, 3.8) is 0 Å². The summed E-state index contributed by atoms with van der Waals surface area (Å²) >= 11 is 3.38. The van der Waals surface area contributed by atoms with Gasteiger partial charge in [-0.25, -0.2) is 0 Å². The van der Waals surface area contributed by atoms with Gasteiger partial charge in [-0.1, -0.05) is 6.07 Å². The van der Waals surface area contributed by atoms with Crippen LogP contribution in [0.3, 0.4) is 0 Å². The largest absolute Gasteiger partial charge is 0.493 e. The number of nitriles is 1. The summed E-state index contributed by atoms with van der Waals surface area (Å²) in [6.45, 7) is 2.39. The molecule has 7 nitrogen and oxygen atoms in total. The van der Waals surface area contributed by atoms with Gasteiger partial charge in [-0.05, 0) is 58.8 Å². The van der Waals surface area contributed by atoms with Crippen molar-refractivity contribution >= 4 is 39.3 Å². The van der Waals surface area contributed by atoms with Crippen molar-refractivity contribution in [1.29, 1.82) is 5.26 Å². The molecule has 0 saturated carbocycles. The predicted octanol–water partition coefficient (Wildman–Crippen LogP) is 4.30. The van der Waals surface area contributed by atoms with Crippen LogP contribution in [-0.4, -0.2) is 17.4 Å². The predicted molar refractivity (Wildman–Crippen MR) is 101 cm³/mol. The van der Waals surface area contributed by atoms with Gasteiger partial charge in [0.1, 0.15) is 17.4 Å². The highest BCUT2D eigenvalue weighted by Crippen LogP contribution is 2.27. The zero-order valence-electron chi connectivity index (χ0n) is 13.7. The molecule has 0 heterocycles. The average Bonchev–Trinajstić information content (AvgIpc) is 2.62. The number of rotatable bonds is 6. The molecule has 1 amide bonds. The number of hydrogen-bond acceptors (Lipinski definition) is 5. The van der Waals surface area contributed by atoms with E-state index in [-0.39, 0.29) is 11.3 Å². The Morgan fingerprint density at radius 2 is 2.04 bits per heavy atom. The molecular weight excluding hydrogens is 402 g/mol. The molecule has 0 atom stereocenters. The molecule has 0 spiro atoms. The maximum absolute atomic E-state index is 12.2. The Balaban J connectivity index is 2.17. The number of amides is 1. The molecule has 2 rings (SSSR count). The van der Waals surface area contributed by atoms with E-state index in [4.69, 9.17) is 4.74 Å². The smallest absolute Gasteiger partial charge is 0.269 e. The maximum atomic E-state index is 12.2. The van der Waals surface area contributed by atoms with Crippen LogP contribution < -0.4 is 10.1 Å². The molecule has 0 fully saturated rings. The normalized spacial score (nSPS) is 10.7. The molecule has 2 aromatic carbocycles. The van der Waals surface area contributed by atoms with Crippen LogP contribution in [0, 0.1) is 21.4 Å². The molecule has 0 unspecified atom stereocenters. The van der Waals surface area contributed by atoms with Gasteiger partial charge in [0.25, 0.3) is 11.6 Å². The summed E-state index contributed by atoms with van der Waals surface area (Å²) in [7, 11) is 0. The van der Waals surface area contributed by atoms with E-state index in [9.17, 15) is 20.2 Å². The number of nitro benzene ring substituents is 1. The Bertz CT molecular complexity index is 902. The minimum Gasteiger partial charge on any atom is -0.493 e. The number of carbonyl (C=O) groups is 1. The Hall–Kier alpha value is -3.18. The van der Waals surface area contributed by atoms with E-state index in [0.717, 1.165) is 0 Å². The molecular formula is C18H14BrN3O4. The van der Waals surface area contributed by atoms with Crippen molar-refractivity contribution in [2.75, 3.05) is 11.9 Å². The van der Waals surface area contributed by atoms with Crippen molar-refractivity contribution in [2.45, 2.75) is 6.92 Å². The molecule has 0 aliphatic carbocycles. The van der Waals surface area contributed by atoms with Crippen LogP contribution in [-0.2, 0) is 4.79 Å². The molecule has 0 bridgehead atoms. The van der Waals surface area contributed by atoms with Crippen LogP contribution in [0.1, 0.15) is 12.5 Å². The fraction of sp³-hybridized carbons (Fsp3) is 0.111. The summed E-state index contributed by atoms with van der Waals surface area (Å²) in [5.41, 5.74) is 0.822. The standard InChI is InChI=1S/C18H14BrN3O4/c1-2-26-17-8-3-12(10-16(17)19)9-13(11-20)18(23)21-14-4-6-15(7-5-14)22(24)25/h3-10H,2H2,1H3,(H,21,23). The first-order valence-corrected chi connectivity index (χ1v) is 8.34.